The largest absolute Gasteiger partial charge is 0.396 e. The third-order valence-electron chi connectivity index (χ3n) is 2.40. The Kier molecular flexibility index (Phi) is 5.30. The van der Waals surface area contributed by atoms with E-state index in [0.29, 0.717) is 11.6 Å². The van der Waals surface area contributed by atoms with Crippen LogP contribution in [0.3, 0.4) is 0 Å². The van der Waals surface area contributed by atoms with Crippen molar-refractivity contribution in [1.29, 1.82) is 0 Å². The molecule has 0 saturated heterocycles. The molecule has 0 atom stereocenters. The highest BCUT2D eigenvalue weighted by Crippen LogP contribution is 2.24. The molecule has 0 bridgehead atoms. The van der Waals surface area contributed by atoms with Crippen LogP contribution in [0.5, 0.6) is 0 Å². The summed E-state index contributed by atoms with van der Waals surface area (Å²) in [5, 5.41) is 22.2. The van der Waals surface area contributed by atoms with Gasteiger partial charge in [0.1, 0.15) is 0 Å². The number of anilines is 1. The van der Waals surface area contributed by atoms with E-state index in [-0.39, 0.29) is 13.2 Å². The number of hydrogen-bond donors (Lipinski definition) is 3. The fourth-order valence-electron chi connectivity index (χ4n) is 1.10. The van der Waals surface area contributed by atoms with Gasteiger partial charge in [-0.2, -0.15) is 0 Å². The Hall–Kier alpha value is -0.0400. The van der Waals surface area contributed by atoms with Gasteiger partial charge in [-0.15, -0.1) is 0 Å². The van der Waals surface area contributed by atoms with Crippen molar-refractivity contribution < 1.29 is 10.2 Å². The standard InChI is InChI=1S/C11H15ClINO2/c1-11(6-15,7-16)5-14-10-3-2-8(12)4-9(10)13/h2-4,14-16H,5-7H2,1H3. The van der Waals surface area contributed by atoms with Gasteiger partial charge in [0.25, 0.3) is 0 Å². The number of hydrogen-bond acceptors (Lipinski definition) is 3. The molecule has 0 saturated carbocycles. The number of aliphatic hydroxyl groups excluding tert-OH is 2. The van der Waals surface area contributed by atoms with E-state index in [4.69, 9.17) is 21.8 Å². The van der Waals surface area contributed by atoms with E-state index in [9.17, 15) is 0 Å². The Morgan fingerprint density at radius 1 is 1.38 bits per heavy atom. The van der Waals surface area contributed by atoms with Gasteiger partial charge in [0.15, 0.2) is 0 Å². The van der Waals surface area contributed by atoms with Gasteiger partial charge in [-0.25, -0.2) is 0 Å². The van der Waals surface area contributed by atoms with Gasteiger partial charge in [-0.1, -0.05) is 18.5 Å². The quantitative estimate of drug-likeness (QED) is 0.711. The predicted octanol–water partition coefficient (Wildman–Crippen LogP) is 2.35. The average molecular weight is 356 g/mol. The molecule has 0 aromatic heterocycles. The summed E-state index contributed by atoms with van der Waals surface area (Å²) in [5.41, 5.74) is 0.445. The van der Waals surface area contributed by atoms with Crippen molar-refractivity contribution in [2.24, 2.45) is 5.41 Å². The fourth-order valence-corrected chi connectivity index (χ4v) is 2.17. The molecule has 0 unspecified atom stereocenters. The molecular formula is C11H15ClINO2. The molecule has 90 valence electrons. The topological polar surface area (TPSA) is 52.5 Å². The van der Waals surface area contributed by atoms with E-state index in [2.05, 4.69) is 27.9 Å². The number of nitrogens with one attached hydrogen (secondary N) is 1. The van der Waals surface area contributed by atoms with Gasteiger partial charge >= 0.3 is 0 Å². The van der Waals surface area contributed by atoms with E-state index in [0.717, 1.165) is 9.26 Å². The van der Waals surface area contributed by atoms with Crippen LogP contribution in [-0.2, 0) is 0 Å². The normalized spacial score (nSPS) is 11.6. The number of rotatable bonds is 5. The lowest BCUT2D eigenvalue weighted by Gasteiger charge is -2.25. The first-order chi connectivity index (χ1) is 7.50. The molecule has 0 heterocycles. The SMILES string of the molecule is CC(CO)(CO)CNc1ccc(Cl)cc1I. The van der Waals surface area contributed by atoms with E-state index in [1.54, 1.807) is 6.07 Å². The Morgan fingerprint density at radius 2 is 2.00 bits per heavy atom. The molecule has 0 aliphatic heterocycles. The van der Waals surface area contributed by atoms with Gasteiger partial charge in [-0.05, 0) is 40.8 Å². The lowest BCUT2D eigenvalue weighted by molar-refractivity contribution is 0.0806. The second kappa shape index (κ2) is 6.05. The molecular weight excluding hydrogens is 340 g/mol. The van der Waals surface area contributed by atoms with Crippen molar-refractivity contribution in [3.63, 3.8) is 0 Å². The van der Waals surface area contributed by atoms with E-state index < -0.39 is 5.41 Å². The Balaban J connectivity index is 2.67. The molecule has 1 rings (SSSR count). The Morgan fingerprint density at radius 3 is 2.50 bits per heavy atom. The molecule has 0 spiro atoms. The summed E-state index contributed by atoms with van der Waals surface area (Å²) >= 11 is 8.04. The van der Waals surface area contributed by atoms with Crippen molar-refractivity contribution in [2.75, 3.05) is 25.1 Å². The number of aliphatic hydroxyl groups is 2. The van der Waals surface area contributed by atoms with Gasteiger partial charge in [0, 0.05) is 26.2 Å². The summed E-state index contributed by atoms with van der Waals surface area (Å²) in [6.07, 6.45) is 0. The van der Waals surface area contributed by atoms with Crippen LogP contribution in [0.4, 0.5) is 5.69 Å². The zero-order valence-corrected chi connectivity index (χ0v) is 11.9. The summed E-state index contributed by atoms with van der Waals surface area (Å²) < 4.78 is 1.02. The van der Waals surface area contributed by atoms with E-state index >= 15 is 0 Å². The molecule has 0 fully saturated rings. The van der Waals surface area contributed by atoms with Crippen LogP contribution < -0.4 is 5.32 Å². The van der Waals surface area contributed by atoms with Crippen LogP contribution in [0.25, 0.3) is 0 Å². The molecule has 0 radical (unpaired) electrons. The van der Waals surface area contributed by atoms with Gasteiger partial charge in [0.05, 0.1) is 13.2 Å². The van der Waals surface area contributed by atoms with Crippen LogP contribution in [0.1, 0.15) is 6.92 Å². The highest BCUT2D eigenvalue weighted by atomic mass is 127. The zero-order chi connectivity index (χ0) is 12.2. The van der Waals surface area contributed by atoms with E-state index in [1.165, 1.54) is 0 Å². The third-order valence-corrected chi connectivity index (χ3v) is 3.53. The molecule has 1 aromatic carbocycles. The van der Waals surface area contributed by atoms with Crippen LogP contribution in [0.15, 0.2) is 18.2 Å². The second-order valence-electron chi connectivity index (χ2n) is 4.10. The highest BCUT2D eigenvalue weighted by molar-refractivity contribution is 14.1. The second-order valence-corrected chi connectivity index (χ2v) is 5.70. The van der Waals surface area contributed by atoms with E-state index in [1.807, 2.05) is 19.1 Å². The third kappa shape index (κ3) is 3.76. The maximum Gasteiger partial charge on any atom is 0.0523 e. The Labute approximate surface area is 114 Å². The summed E-state index contributed by atoms with van der Waals surface area (Å²) in [5.74, 6) is 0. The first-order valence-electron chi connectivity index (χ1n) is 4.91. The van der Waals surface area contributed by atoms with Gasteiger partial charge in [-0.3, -0.25) is 0 Å². The zero-order valence-electron chi connectivity index (χ0n) is 9.00. The lowest BCUT2D eigenvalue weighted by atomic mass is 9.93. The molecule has 5 heteroatoms. The molecule has 3 nitrogen and oxygen atoms in total. The minimum Gasteiger partial charge on any atom is -0.396 e. The molecule has 3 N–H and O–H groups in total. The van der Waals surface area contributed by atoms with Crippen molar-refractivity contribution >= 4 is 39.9 Å². The molecule has 0 aliphatic carbocycles. The Bertz CT molecular complexity index is 356. The lowest BCUT2D eigenvalue weighted by Crippen LogP contribution is -2.34. The highest BCUT2D eigenvalue weighted by Gasteiger charge is 2.22. The van der Waals surface area contributed by atoms with Crippen LogP contribution >= 0.6 is 34.2 Å². The number of benzene rings is 1. The summed E-state index contributed by atoms with van der Waals surface area (Å²) in [6.45, 7) is 2.22. The first kappa shape index (κ1) is 14.0. The summed E-state index contributed by atoms with van der Waals surface area (Å²) in [6, 6.07) is 5.56. The fraction of sp³-hybridized carbons (Fsp3) is 0.455. The molecule has 0 aliphatic rings. The summed E-state index contributed by atoms with van der Waals surface area (Å²) in [7, 11) is 0. The van der Waals surface area contributed by atoms with Crippen molar-refractivity contribution in [3.8, 4) is 0 Å². The van der Waals surface area contributed by atoms with Crippen molar-refractivity contribution in [1.82, 2.24) is 0 Å². The predicted molar refractivity (Wildman–Crippen MR) is 74.9 cm³/mol. The van der Waals surface area contributed by atoms with Gasteiger partial charge in [0.2, 0.25) is 0 Å². The molecule has 16 heavy (non-hydrogen) atoms. The van der Waals surface area contributed by atoms with Crippen LogP contribution in [0, 0.1) is 8.99 Å². The first-order valence-corrected chi connectivity index (χ1v) is 6.37. The summed E-state index contributed by atoms with van der Waals surface area (Å²) in [4.78, 5) is 0. The smallest absolute Gasteiger partial charge is 0.0523 e. The van der Waals surface area contributed by atoms with Gasteiger partial charge < -0.3 is 15.5 Å². The van der Waals surface area contributed by atoms with Crippen molar-refractivity contribution in [2.45, 2.75) is 6.92 Å². The minimum absolute atomic E-state index is 0.0549. The van der Waals surface area contributed by atoms with Crippen molar-refractivity contribution in [3.05, 3.63) is 26.8 Å². The average Bonchev–Trinajstić information content (AvgIpc) is 2.27. The molecule has 0 amide bonds. The maximum absolute atomic E-state index is 9.15. The van der Waals surface area contributed by atoms with Crippen LogP contribution in [-0.4, -0.2) is 30.0 Å². The minimum atomic E-state index is -0.511. The molecule has 1 aromatic rings. The number of halogens is 2. The van der Waals surface area contributed by atoms with Crippen LogP contribution in [0.2, 0.25) is 5.02 Å². The monoisotopic (exact) mass is 355 g/mol. The maximum atomic E-state index is 9.15.